The van der Waals surface area contributed by atoms with Crippen molar-refractivity contribution in [2.45, 2.75) is 5.92 Å². The van der Waals surface area contributed by atoms with E-state index in [1.165, 1.54) is 13.2 Å². The molecule has 0 saturated carbocycles. The van der Waals surface area contributed by atoms with Crippen molar-refractivity contribution in [3.63, 3.8) is 0 Å². The van der Waals surface area contributed by atoms with Gasteiger partial charge in [-0.2, -0.15) is 0 Å². The number of rotatable bonds is 8. The Morgan fingerprint density at radius 2 is 2.05 bits per heavy atom. The summed E-state index contributed by atoms with van der Waals surface area (Å²) in [5.41, 5.74) is 5.09. The van der Waals surface area contributed by atoms with E-state index in [9.17, 15) is 13.6 Å². The number of alkyl halides is 2. The van der Waals surface area contributed by atoms with Crippen LogP contribution in [0.1, 0.15) is 10.4 Å². The maximum absolute atomic E-state index is 13.0. The minimum atomic E-state index is -3.12. The first-order valence-corrected chi connectivity index (χ1v) is 6.07. The monoisotopic (exact) mass is 288 g/mol. The standard InChI is InChI=1S/C13H18F2N2O3/c1-19-6-7-20-11-5-3-2-4-10(11)12(18)17-9-13(14,15)8-16/h2-5H,6-9,16H2,1H3,(H,17,18). The molecule has 0 aliphatic carbocycles. The first-order chi connectivity index (χ1) is 9.50. The zero-order valence-corrected chi connectivity index (χ0v) is 11.2. The highest BCUT2D eigenvalue weighted by molar-refractivity contribution is 5.96. The Hall–Kier alpha value is -1.73. The number of hydrogen-bond donors (Lipinski definition) is 2. The van der Waals surface area contributed by atoms with Crippen molar-refractivity contribution in [2.75, 3.05) is 33.4 Å². The van der Waals surface area contributed by atoms with Gasteiger partial charge in [0.05, 0.1) is 25.3 Å². The van der Waals surface area contributed by atoms with Crippen molar-refractivity contribution in [1.29, 1.82) is 0 Å². The number of para-hydroxylation sites is 1. The summed E-state index contributed by atoms with van der Waals surface area (Å²) in [7, 11) is 1.52. The molecule has 0 heterocycles. The van der Waals surface area contributed by atoms with Crippen molar-refractivity contribution in [1.82, 2.24) is 5.32 Å². The summed E-state index contributed by atoms with van der Waals surface area (Å²) >= 11 is 0. The van der Waals surface area contributed by atoms with Crippen LogP contribution in [-0.4, -0.2) is 45.2 Å². The molecule has 0 aliphatic rings. The number of carbonyl (C=O) groups excluding carboxylic acids is 1. The molecule has 0 radical (unpaired) electrons. The third kappa shape index (κ3) is 5.10. The van der Waals surface area contributed by atoms with Crippen LogP contribution in [0.5, 0.6) is 5.75 Å². The minimum absolute atomic E-state index is 0.191. The molecule has 0 aliphatic heterocycles. The van der Waals surface area contributed by atoms with Crippen LogP contribution in [0.4, 0.5) is 8.78 Å². The molecule has 0 aromatic heterocycles. The Labute approximate surface area is 116 Å². The Morgan fingerprint density at radius 3 is 2.70 bits per heavy atom. The van der Waals surface area contributed by atoms with Crippen LogP contribution in [0.2, 0.25) is 0 Å². The summed E-state index contributed by atoms with van der Waals surface area (Å²) in [6.45, 7) is -1.01. The van der Waals surface area contributed by atoms with E-state index < -0.39 is 24.9 Å². The number of halogens is 2. The fourth-order valence-corrected chi connectivity index (χ4v) is 1.39. The molecule has 1 amide bonds. The van der Waals surface area contributed by atoms with E-state index in [0.29, 0.717) is 12.4 Å². The highest BCUT2D eigenvalue weighted by atomic mass is 19.3. The van der Waals surface area contributed by atoms with Crippen molar-refractivity contribution in [3.8, 4) is 5.75 Å². The average molecular weight is 288 g/mol. The van der Waals surface area contributed by atoms with E-state index in [-0.39, 0.29) is 12.2 Å². The van der Waals surface area contributed by atoms with Gasteiger partial charge in [0.25, 0.3) is 11.8 Å². The summed E-state index contributed by atoms with van der Waals surface area (Å²) < 4.78 is 36.2. The van der Waals surface area contributed by atoms with Gasteiger partial charge in [-0.1, -0.05) is 12.1 Å². The highest BCUT2D eigenvalue weighted by Gasteiger charge is 2.27. The van der Waals surface area contributed by atoms with E-state index >= 15 is 0 Å². The molecular weight excluding hydrogens is 270 g/mol. The van der Waals surface area contributed by atoms with Crippen molar-refractivity contribution in [2.24, 2.45) is 5.73 Å². The molecule has 7 heteroatoms. The second kappa shape index (κ2) is 7.76. The van der Waals surface area contributed by atoms with Crippen LogP contribution in [0.15, 0.2) is 24.3 Å². The van der Waals surface area contributed by atoms with E-state index in [4.69, 9.17) is 15.2 Å². The number of nitrogens with one attached hydrogen (secondary N) is 1. The van der Waals surface area contributed by atoms with Gasteiger partial charge in [0, 0.05) is 7.11 Å². The van der Waals surface area contributed by atoms with Gasteiger partial charge < -0.3 is 20.5 Å². The Morgan fingerprint density at radius 1 is 1.35 bits per heavy atom. The molecule has 0 unspecified atom stereocenters. The van der Waals surface area contributed by atoms with Crippen LogP contribution in [0, 0.1) is 0 Å². The number of nitrogens with two attached hydrogens (primary N) is 1. The van der Waals surface area contributed by atoms with Crippen LogP contribution >= 0.6 is 0 Å². The Bertz CT molecular complexity index is 441. The largest absolute Gasteiger partial charge is 0.490 e. The first-order valence-electron chi connectivity index (χ1n) is 6.07. The molecule has 1 aromatic rings. The van der Waals surface area contributed by atoms with Gasteiger partial charge in [-0.15, -0.1) is 0 Å². The smallest absolute Gasteiger partial charge is 0.277 e. The molecule has 20 heavy (non-hydrogen) atoms. The molecule has 0 bridgehead atoms. The van der Waals surface area contributed by atoms with Crippen LogP contribution < -0.4 is 15.8 Å². The SMILES string of the molecule is COCCOc1ccccc1C(=O)NCC(F)(F)CN. The fraction of sp³-hybridized carbons (Fsp3) is 0.462. The predicted molar refractivity (Wildman–Crippen MR) is 70.1 cm³/mol. The lowest BCUT2D eigenvalue weighted by Crippen LogP contribution is -2.41. The van der Waals surface area contributed by atoms with E-state index in [2.05, 4.69) is 5.32 Å². The molecule has 112 valence electrons. The first kappa shape index (κ1) is 16.3. The lowest BCUT2D eigenvalue weighted by Gasteiger charge is -2.16. The van der Waals surface area contributed by atoms with Gasteiger partial charge in [0.15, 0.2) is 0 Å². The molecule has 5 nitrogen and oxygen atoms in total. The maximum Gasteiger partial charge on any atom is 0.277 e. The summed E-state index contributed by atoms with van der Waals surface area (Å²) in [4.78, 5) is 11.9. The predicted octanol–water partition coefficient (Wildman–Crippen LogP) is 1.04. The second-order valence-electron chi connectivity index (χ2n) is 4.08. The zero-order valence-electron chi connectivity index (χ0n) is 11.2. The van der Waals surface area contributed by atoms with Gasteiger partial charge >= 0.3 is 0 Å². The Balaban J connectivity index is 2.67. The summed E-state index contributed by atoms with van der Waals surface area (Å²) in [5.74, 6) is -3.44. The highest BCUT2D eigenvalue weighted by Crippen LogP contribution is 2.18. The zero-order chi connectivity index (χ0) is 15.0. The third-order valence-corrected chi connectivity index (χ3v) is 2.48. The van der Waals surface area contributed by atoms with E-state index in [0.717, 1.165) is 0 Å². The summed E-state index contributed by atoms with van der Waals surface area (Å²) in [6, 6.07) is 6.40. The Kier molecular flexibility index (Phi) is 6.33. The number of carbonyl (C=O) groups is 1. The number of hydrogen-bond acceptors (Lipinski definition) is 4. The van der Waals surface area contributed by atoms with Gasteiger partial charge in [-0.05, 0) is 12.1 Å². The van der Waals surface area contributed by atoms with Gasteiger partial charge in [0.2, 0.25) is 0 Å². The number of methoxy groups -OCH3 is 1. The van der Waals surface area contributed by atoms with E-state index in [1.807, 2.05) is 0 Å². The van der Waals surface area contributed by atoms with Crippen molar-refractivity contribution < 1.29 is 23.0 Å². The average Bonchev–Trinajstić information content (AvgIpc) is 2.46. The van der Waals surface area contributed by atoms with Crippen LogP contribution in [0.25, 0.3) is 0 Å². The molecular formula is C13H18F2N2O3. The quantitative estimate of drug-likeness (QED) is 0.701. The number of amides is 1. The minimum Gasteiger partial charge on any atom is -0.490 e. The van der Waals surface area contributed by atoms with Crippen LogP contribution in [-0.2, 0) is 4.74 Å². The van der Waals surface area contributed by atoms with Crippen LogP contribution in [0.3, 0.4) is 0 Å². The molecule has 1 rings (SSSR count). The molecule has 0 fully saturated rings. The molecule has 0 saturated heterocycles. The van der Waals surface area contributed by atoms with Crippen molar-refractivity contribution in [3.05, 3.63) is 29.8 Å². The molecule has 0 atom stereocenters. The lowest BCUT2D eigenvalue weighted by molar-refractivity contribution is 0.0118. The van der Waals surface area contributed by atoms with Gasteiger partial charge in [-0.25, -0.2) is 8.78 Å². The van der Waals surface area contributed by atoms with Gasteiger partial charge in [0.1, 0.15) is 12.4 Å². The third-order valence-electron chi connectivity index (χ3n) is 2.48. The maximum atomic E-state index is 13.0. The second-order valence-corrected chi connectivity index (χ2v) is 4.08. The van der Waals surface area contributed by atoms with E-state index in [1.54, 1.807) is 18.2 Å². The fourth-order valence-electron chi connectivity index (χ4n) is 1.39. The van der Waals surface area contributed by atoms with Gasteiger partial charge in [-0.3, -0.25) is 4.79 Å². The number of ether oxygens (including phenoxy) is 2. The molecule has 3 N–H and O–H groups in total. The molecule has 1 aromatic carbocycles. The summed E-state index contributed by atoms with van der Waals surface area (Å²) in [6.07, 6.45) is 0. The topological polar surface area (TPSA) is 73.6 Å². The molecule has 0 spiro atoms. The number of benzene rings is 1. The normalized spacial score (nSPS) is 11.2. The van der Waals surface area contributed by atoms with Crippen molar-refractivity contribution >= 4 is 5.91 Å². The lowest BCUT2D eigenvalue weighted by atomic mass is 10.2. The summed E-state index contributed by atoms with van der Waals surface area (Å²) in [5, 5.41) is 2.14.